The van der Waals surface area contributed by atoms with E-state index in [9.17, 15) is 8.42 Å². The topological polar surface area (TPSA) is 46.2 Å². The monoisotopic (exact) mass is 353 g/mol. The van der Waals surface area contributed by atoms with Gasteiger partial charge in [-0.05, 0) is 30.5 Å². The molecule has 0 bridgehead atoms. The molecule has 0 unspecified atom stereocenters. The first kappa shape index (κ1) is 21.2. The summed E-state index contributed by atoms with van der Waals surface area (Å²) in [6, 6.07) is 7.25. The SMILES string of the molecule is CCCCCCCCCCCNS(=O)(=O)c1ccc(CCC)cc1. The van der Waals surface area contributed by atoms with E-state index in [1.165, 1.54) is 50.5 Å². The van der Waals surface area contributed by atoms with Crippen LogP contribution < -0.4 is 4.72 Å². The Morgan fingerprint density at radius 1 is 0.750 bits per heavy atom. The van der Waals surface area contributed by atoms with Crippen LogP contribution in [0.5, 0.6) is 0 Å². The minimum Gasteiger partial charge on any atom is -0.211 e. The van der Waals surface area contributed by atoms with Crippen molar-refractivity contribution in [3.05, 3.63) is 29.8 Å². The second kappa shape index (κ2) is 12.5. The van der Waals surface area contributed by atoms with Gasteiger partial charge in [0.05, 0.1) is 4.90 Å². The zero-order chi connectivity index (χ0) is 17.7. The summed E-state index contributed by atoms with van der Waals surface area (Å²) < 4.78 is 27.2. The highest BCUT2D eigenvalue weighted by molar-refractivity contribution is 7.89. The standard InChI is InChI=1S/C20H35NO2S/c1-3-5-6-7-8-9-10-11-12-18-21-24(22,23)20-16-14-19(13-4-2)15-17-20/h14-17,21H,3-13,18H2,1-2H3. The van der Waals surface area contributed by atoms with Crippen molar-refractivity contribution >= 4 is 10.0 Å². The number of benzene rings is 1. The van der Waals surface area contributed by atoms with E-state index < -0.39 is 10.0 Å². The molecular formula is C20H35NO2S. The Labute approximate surface area is 149 Å². The summed E-state index contributed by atoms with van der Waals surface area (Å²) in [4.78, 5) is 0.373. The zero-order valence-electron chi connectivity index (χ0n) is 15.5. The van der Waals surface area contributed by atoms with Crippen LogP contribution in [0, 0.1) is 0 Å². The van der Waals surface area contributed by atoms with Crippen molar-refractivity contribution in [1.82, 2.24) is 4.72 Å². The molecule has 24 heavy (non-hydrogen) atoms. The molecule has 0 amide bonds. The van der Waals surface area contributed by atoms with Crippen molar-refractivity contribution in [3.8, 4) is 0 Å². The highest BCUT2D eigenvalue weighted by Crippen LogP contribution is 2.12. The fourth-order valence-electron chi connectivity index (χ4n) is 2.85. The summed E-state index contributed by atoms with van der Waals surface area (Å²) in [6.45, 7) is 4.90. The Morgan fingerprint density at radius 2 is 1.29 bits per heavy atom. The smallest absolute Gasteiger partial charge is 0.211 e. The lowest BCUT2D eigenvalue weighted by molar-refractivity contribution is 0.554. The van der Waals surface area contributed by atoms with Gasteiger partial charge < -0.3 is 0 Å². The molecule has 0 fully saturated rings. The van der Waals surface area contributed by atoms with E-state index in [4.69, 9.17) is 0 Å². The van der Waals surface area contributed by atoms with Gasteiger partial charge in [-0.2, -0.15) is 0 Å². The highest BCUT2D eigenvalue weighted by Gasteiger charge is 2.12. The first-order chi connectivity index (χ1) is 11.6. The quantitative estimate of drug-likeness (QED) is 0.452. The van der Waals surface area contributed by atoms with E-state index in [2.05, 4.69) is 18.6 Å². The van der Waals surface area contributed by atoms with Crippen molar-refractivity contribution in [1.29, 1.82) is 0 Å². The summed E-state index contributed by atoms with van der Waals surface area (Å²) in [5.74, 6) is 0. The van der Waals surface area contributed by atoms with Crippen molar-refractivity contribution in [2.24, 2.45) is 0 Å². The van der Waals surface area contributed by atoms with Crippen LogP contribution in [0.1, 0.15) is 83.6 Å². The Kier molecular flexibility index (Phi) is 11.0. The molecule has 0 radical (unpaired) electrons. The van der Waals surface area contributed by atoms with Crippen LogP contribution in [0.2, 0.25) is 0 Å². The number of hydrogen-bond donors (Lipinski definition) is 1. The van der Waals surface area contributed by atoms with Crippen LogP contribution in [0.3, 0.4) is 0 Å². The number of hydrogen-bond acceptors (Lipinski definition) is 2. The van der Waals surface area contributed by atoms with E-state index in [1.54, 1.807) is 12.1 Å². The predicted octanol–water partition coefficient (Wildman–Crippen LogP) is 5.45. The number of sulfonamides is 1. The van der Waals surface area contributed by atoms with Crippen LogP contribution in [0.15, 0.2) is 29.2 Å². The molecule has 1 rings (SSSR count). The van der Waals surface area contributed by atoms with Crippen LogP contribution in [0.25, 0.3) is 0 Å². The number of nitrogens with one attached hydrogen (secondary N) is 1. The highest BCUT2D eigenvalue weighted by atomic mass is 32.2. The first-order valence-corrected chi connectivity index (χ1v) is 11.2. The van der Waals surface area contributed by atoms with Gasteiger partial charge in [-0.3, -0.25) is 0 Å². The van der Waals surface area contributed by atoms with Crippen LogP contribution in [-0.4, -0.2) is 15.0 Å². The fraction of sp³-hybridized carbons (Fsp3) is 0.700. The van der Waals surface area contributed by atoms with Gasteiger partial charge in [-0.15, -0.1) is 0 Å². The third-order valence-corrected chi connectivity index (χ3v) is 5.82. The van der Waals surface area contributed by atoms with Gasteiger partial charge in [-0.1, -0.05) is 83.8 Å². The Balaban J connectivity index is 2.17. The summed E-state index contributed by atoms with van der Waals surface area (Å²) in [6.07, 6.45) is 13.2. The molecular weight excluding hydrogens is 318 g/mol. The molecule has 3 nitrogen and oxygen atoms in total. The van der Waals surface area contributed by atoms with Crippen LogP contribution in [0.4, 0.5) is 0 Å². The van der Waals surface area contributed by atoms with Gasteiger partial charge in [0, 0.05) is 6.54 Å². The van der Waals surface area contributed by atoms with Crippen molar-refractivity contribution < 1.29 is 8.42 Å². The molecule has 4 heteroatoms. The van der Waals surface area contributed by atoms with Crippen LogP contribution in [-0.2, 0) is 16.4 Å². The average molecular weight is 354 g/mol. The lowest BCUT2D eigenvalue weighted by atomic mass is 10.1. The summed E-state index contributed by atoms with van der Waals surface area (Å²) in [7, 11) is -3.35. The van der Waals surface area contributed by atoms with Crippen molar-refractivity contribution in [2.75, 3.05) is 6.54 Å². The van der Waals surface area contributed by atoms with Gasteiger partial charge in [-0.25, -0.2) is 13.1 Å². The molecule has 0 saturated heterocycles. The molecule has 0 aromatic heterocycles. The maximum atomic E-state index is 12.2. The lowest BCUT2D eigenvalue weighted by Gasteiger charge is -2.08. The molecule has 0 saturated carbocycles. The van der Waals surface area contributed by atoms with Gasteiger partial charge in [0.15, 0.2) is 0 Å². The number of aryl methyl sites for hydroxylation is 1. The molecule has 1 aromatic rings. The maximum absolute atomic E-state index is 12.2. The molecule has 0 aliphatic rings. The Morgan fingerprint density at radius 3 is 1.83 bits per heavy atom. The lowest BCUT2D eigenvalue weighted by Crippen LogP contribution is -2.24. The fourth-order valence-corrected chi connectivity index (χ4v) is 3.92. The van der Waals surface area contributed by atoms with E-state index >= 15 is 0 Å². The molecule has 0 heterocycles. The summed E-state index contributed by atoms with van der Waals surface area (Å²) >= 11 is 0. The first-order valence-electron chi connectivity index (χ1n) is 9.68. The zero-order valence-corrected chi connectivity index (χ0v) is 16.3. The molecule has 0 aliphatic carbocycles. The average Bonchev–Trinajstić information content (AvgIpc) is 2.57. The van der Waals surface area contributed by atoms with E-state index in [0.717, 1.165) is 25.7 Å². The van der Waals surface area contributed by atoms with Crippen molar-refractivity contribution in [3.63, 3.8) is 0 Å². The van der Waals surface area contributed by atoms with Gasteiger partial charge in [0.25, 0.3) is 0 Å². The minimum atomic E-state index is -3.35. The normalized spacial score (nSPS) is 11.8. The Hall–Kier alpha value is -0.870. The second-order valence-corrected chi connectivity index (χ2v) is 8.39. The van der Waals surface area contributed by atoms with E-state index in [1.807, 2.05) is 12.1 Å². The molecule has 138 valence electrons. The van der Waals surface area contributed by atoms with Crippen molar-refractivity contribution in [2.45, 2.75) is 89.4 Å². The second-order valence-electron chi connectivity index (χ2n) is 6.62. The largest absolute Gasteiger partial charge is 0.240 e. The van der Waals surface area contributed by atoms with Crippen LogP contribution >= 0.6 is 0 Å². The van der Waals surface area contributed by atoms with Gasteiger partial charge in [0.1, 0.15) is 0 Å². The third kappa shape index (κ3) is 8.84. The Bertz CT molecular complexity index is 523. The molecule has 0 spiro atoms. The molecule has 0 aliphatic heterocycles. The molecule has 1 N–H and O–H groups in total. The third-order valence-electron chi connectivity index (χ3n) is 4.34. The van der Waals surface area contributed by atoms with E-state index in [0.29, 0.717) is 11.4 Å². The minimum absolute atomic E-state index is 0.373. The van der Waals surface area contributed by atoms with Gasteiger partial charge >= 0.3 is 0 Å². The number of rotatable bonds is 14. The summed E-state index contributed by atoms with van der Waals surface area (Å²) in [5.41, 5.74) is 1.19. The maximum Gasteiger partial charge on any atom is 0.240 e. The number of unbranched alkanes of at least 4 members (excludes halogenated alkanes) is 8. The molecule has 1 aromatic carbocycles. The molecule has 0 atom stereocenters. The van der Waals surface area contributed by atoms with Gasteiger partial charge in [0.2, 0.25) is 10.0 Å². The summed E-state index contributed by atoms with van der Waals surface area (Å²) in [5, 5.41) is 0. The van der Waals surface area contributed by atoms with E-state index in [-0.39, 0.29) is 0 Å². The predicted molar refractivity (Wildman–Crippen MR) is 103 cm³/mol.